The lowest BCUT2D eigenvalue weighted by Gasteiger charge is -2.06. The summed E-state index contributed by atoms with van der Waals surface area (Å²) in [7, 11) is 0. The molecule has 4 nitrogen and oxygen atoms in total. The van der Waals surface area contributed by atoms with Crippen molar-refractivity contribution < 1.29 is 4.79 Å². The summed E-state index contributed by atoms with van der Waals surface area (Å²) in [5.74, 6) is -0.111. The van der Waals surface area contributed by atoms with Gasteiger partial charge in [-0.1, -0.05) is 18.2 Å². The average molecular weight is 328 g/mol. The summed E-state index contributed by atoms with van der Waals surface area (Å²) < 4.78 is 2.40. The Morgan fingerprint density at radius 3 is 2.65 bits per heavy atom. The molecule has 0 spiro atoms. The van der Waals surface area contributed by atoms with Crippen LogP contribution in [0.1, 0.15) is 16.1 Å². The van der Waals surface area contributed by atoms with Crippen molar-refractivity contribution in [3.63, 3.8) is 0 Å². The van der Waals surface area contributed by atoms with E-state index in [1.54, 1.807) is 35.4 Å². The number of aromatic nitrogens is 3. The monoisotopic (exact) mass is 327 g/mol. The van der Waals surface area contributed by atoms with Gasteiger partial charge >= 0.3 is 0 Å². The highest BCUT2D eigenvalue weighted by Crippen LogP contribution is 2.16. The number of hydrogen-bond donors (Lipinski definition) is 0. The molecule has 2 heterocycles. The summed E-state index contributed by atoms with van der Waals surface area (Å²) in [4.78, 5) is 16.6. The Labute approximate surface area is 124 Å². The largest absolute Gasteiger partial charge is 0.287 e. The molecular formula is C15H10BrN3O. The van der Waals surface area contributed by atoms with Gasteiger partial charge in [0.2, 0.25) is 5.78 Å². The third-order valence-electron chi connectivity index (χ3n) is 2.84. The first-order valence-corrected chi connectivity index (χ1v) is 6.80. The van der Waals surface area contributed by atoms with Gasteiger partial charge in [0.05, 0.1) is 11.9 Å². The van der Waals surface area contributed by atoms with Gasteiger partial charge < -0.3 is 0 Å². The second kappa shape index (κ2) is 5.38. The lowest BCUT2D eigenvalue weighted by molar-refractivity contribution is 0.103. The Kier molecular flexibility index (Phi) is 3.43. The molecule has 0 bridgehead atoms. The minimum atomic E-state index is -0.111. The standard InChI is InChI=1S/C15H10BrN3O/c16-12-8-11(9-17-10-12)15(20)14-6-7-18-19(14)13-4-2-1-3-5-13/h1-10H. The number of carbonyl (C=O) groups is 1. The van der Waals surface area contributed by atoms with E-state index in [1.807, 2.05) is 30.3 Å². The third kappa shape index (κ3) is 2.40. The van der Waals surface area contributed by atoms with Crippen molar-refractivity contribution in [2.45, 2.75) is 0 Å². The van der Waals surface area contributed by atoms with E-state index in [9.17, 15) is 4.79 Å². The molecule has 0 radical (unpaired) electrons. The number of benzene rings is 1. The highest BCUT2D eigenvalue weighted by Gasteiger charge is 2.15. The van der Waals surface area contributed by atoms with Crippen molar-refractivity contribution >= 4 is 21.7 Å². The molecule has 0 atom stereocenters. The van der Waals surface area contributed by atoms with Gasteiger partial charge in [-0.3, -0.25) is 9.78 Å². The summed E-state index contributed by atoms with van der Waals surface area (Å²) in [5.41, 5.74) is 1.89. The Morgan fingerprint density at radius 2 is 1.90 bits per heavy atom. The average Bonchev–Trinajstić information content (AvgIpc) is 2.97. The summed E-state index contributed by atoms with van der Waals surface area (Å²) in [6.07, 6.45) is 4.81. The molecule has 0 N–H and O–H groups in total. The first-order chi connectivity index (χ1) is 9.75. The SMILES string of the molecule is O=C(c1cncc(Br)c1)c1ccnn1-c1ccccc1. The van der Waals surface area contributed by atoms with Crippen molar-refractivity contribution in [1.82, 2.24) is 14.8 Å². The van der Waals surface area contributed by atoms with Gasteiger partial charge in [-0.2, -0.15) is 5.10 Å². The summed E-state index contributed by atoms with van der Waals surface area (Å²) in [5, 5.41) is 4.22. The Balaban J connectivity index is 2.04. The number of halogens is 1. The van der Waals surface area contributed by atoms with Gasteiger partial charge in [-0.05, 0) is 40.2 Å². The number of para-hydroxylation sites is 1. The molecule has 0 aliphatic carbocycles. The fourth-order valence-electron chi connectivity index (χ4n) is 1.93. The van der Waals surface area contributed by atoms with Crippen LogP contribution in [-0.4, -0.2) is 20.5 Å². The smallest absolute Gasteiger partial charge is 0.213 e. The molecule has 3 rings (SSSR count). The maximum absolute atomic E-state index is 12.5. The molecule has 0 unspecified atom stereocenters. The van der Waals surface area contributed by atoms with Crippen LogP contribution in [0, 0.1) is 0 Å². The van der Waals surface area contributed by atoms with Crippen molar-refractivity contribution in [2.75, 3.05) is 0 Å². The van der Waals surface area contributed by atoms with Crippen molar-refractivity contribution in [3.8, 4) is 5.69 Å². The fourth-order valence-corrected chi connectivity index (χ4v) is 2.30. The molecule has 0 fully saturated rings. The van der Waals surface area contributed by atoms with Crippen LogP contribution < -0.4 is 0 Å². The molecule has 98 valence electrons. The second-order valence-corrected chi connectivity index (χ2v) is 5.10. The lowest BCUT2D eigenvalue weighted by atomic mass is 10.1. The van der Waals surface area contributed by atoms with E-state index in [4.69, 9.17) is 0 Å². The van der Waals surface area contributed by atoms with Crippen LogP contribution in [0.5, 0.6) is 0 Å². The number of rotatable bonds is 3. The van der Waals surface area contributed by atoms with E-state index in [-0.39, 0.29) is 5.78 Å². The van der Waals surface area contributed by atoms with Crippen LogP contribution in [0.2, 0.25) is 0 Å². The predicted octanol–water partition coefficient (Wildman–Crippen LogP) is 3.26. The van der Waals surface area contributed by atoms with Crippen LogP contribution in [0.15, 0.2) is 65.5 Å². The molecule has 20 heavy (non-hydrogen) atoms. The van der Waals surface area contributed by atoms with Crippen LogP contribution >= 0.6 is 15.9 Å². The van der Waals surface area contributed by atoms with Gasteiger partial charge in [0.25, 0.3) is 0 Å². The summed E-state index contributed by atoms with van der Waals surface area (Å²) >= 11 is 3.32. The molecule has 0 amide bonds. The minimum absolute atomic E-state index is 0.111. The van der Waals surface area contributed by atoms with Crippen molar-refractivity contribution in [1.29, 1.82) is 0 Å². The number of ketones is 1. The molecule has 0 aliphatic rings. The van der Waals surface area contributed by atoms with Crippen LogP contribution in [0.25, 0.3) is 5.69 Å². The Morgan fingerprint density at radius 1 is 1.10 bits per heavy atom. The summed E-state index contributed by atoms with van der Waals surface area (Å²) in [6, 6.07) is 13.0. The van der Waals surface area contributed by atoms with E-state index < -0.39 is 0 Å². The molecule has 0 saturated carbocycles. The molecule has 3 aromatic rings. The van der Waals surface area contributed by atoms with E-state index in [0.717, 1.165) is 10.2 Å². The molecule has 2 aromatic heterocycles. The molecular weight excluding hydrogens is 318 g/mol. The van der Waals surface area contributed by atoms with E-state index >= 15 is 0 Å². The quantitative estimate of drug-likeness (QED) is 0.694. The number of nitrogens with zero attached hydrogens (tertiary/aromatic N) is 3. The number of carbonyl (C=O) groups excluding carboxylic acids is 1. The molecule has 0 aliphatic heterocycles. The van der Waals surface area contributed by atoms with Gasteiger partial charge in [-0.15, -0.1) is 0 Å². The highest BCUT2D eigenvalue weighted by molar-refractivity contribution is 9.10. The molecule has 1 aromatic carbocycles. The lowest BCUT2D eigenvalue weighted by Crippen LogP contribution is -2.10. The van der Waals surface area contributed by atoms with Gasteiger partial charge in [-0.25, -0.2) is 4.68 Å². The predicted molar refractivity (Wildman–Crippen MR) is 78.9 cm³/mol. The second-order valence-electron chi connectivity index (χ2n) is 4.18. The molecule has 0 saturated heterocycles. The third-order valence-corrected chi connectivity index (χ3v) is 3.28. The summed E-state index contributed by atoms with van der Waals surface area (Å²) in [6.45, 7) is 0. The van der Waals surface area contributed by atoms with Crippen LogP contribution in [0.4, 0.5) is 0 Å². The van der Waals surface area contributed by atoms with Crippen LogP contribution in [0.3, 0.4) is 0 Å². The van der Waals surface area contributed by atoms with Crippen LogP contribution in [-0.2, 0) is 0 Å². The zero-order valence-electron chi connectivity index (χ0n) is 10.4. The van der Waals surface area contributed by atoms with Gasteiger partial charge in [0.1, 0.15) is 5.69 Å². The minimum Gasteiger partial charge on any atom is -0.287 e. The first-order valence-electron chi connectivity index (χ1n) is 6.00. The number of hydrogen-bond acceptors (Lipinski definition) is 3. The van der Waals surface area contributed by atoms with E-state index in [2.05, 4.69) is 26.0 Å². The zero-order valence-corrected chi connectivity index (χ0v) is 12.0. The van der Waals surface area contributed by atoms with E-state index in [0.29, 0.717) is 11.3 Å². The fraction of sp³-hybridized carbons (Fsp3) is 0. The van der Waals surface area contributed by atoms with Gasteiger partial charge in [0.15, 0.2) is 0 Å². The van der Waals surface area contributed by atoms with Crippen molar-refractivity contribution in [2.24, 2.45) is 0 Å². The maximum atomic E-state index is 12.5. The maximum Gasteiger partial charge on any atom is 0.213 e. The Hall–Kier alpha value is -2.27. The van der Waals surface area contributed by atoms with E-state index in [1.165, 1.54) is 0 Å². The Bertz CT molecular complexity index is 753. The van der Waals surface area contributed by atoms with Crippen molar-refractivity contribution in [3.05, 3.63) is 76.8 Å². The van der Waals surface area contributed by atoms with Gasteiger partial charge in [0, 0.05) is 22.4 Å². The first kappa shape index (κ1) is 12.7. The molecule has 5 heteroatoms. The normalized spacial score (nSPS) is 10.4. The highest BCUT2D eigenvalue weighted by atomic mass is 79.9. The topological polar surface area (TPSA) is 47.8 Å². The zero-order chi connectivity index (χ0) is 13.9. The number of pyridine rings is 1.